The Balaban J connectivity index is 1.71. The van der Waals surface area contributed by atoms with Crippen LogP contribution in [0.4, 0.5) is 5.69 Å². The van der Waals surface area contributed by atoms with Crippen molar-refractivity contribution in [2.45, 2.75) is 13.5 Å². The summed E-state index contributed by atoms with van der Waals surface area (Å²) in [7, 11) is 1.55. The van der Waals surface area contributed by atoms with E-state index in [1.807, 2.05) is 31.2 Å². The van der Waals surface area contributed by atoms with Crippen molar-refractivity contribution in [3.63, 3.8) is 0 Å². The Morgan fingerprint density at radius 2 is 2.04 bits per heavy atom. The molecule has 0 saturated carbocycles. The van der Waals surface area contributed by atoms with Crippen LogP contribution < -0.4 is 15.7 Å². The summed E-state index contributed by atoms with van der Waals surface area (Å²) in [4.78, 5) is 24.8. The Kier molecular flexibility index (Phi) is 4.12. The van der Waals surface area contributed by atoms with Crippen LogP contribution in [-0.4, -0.2) is 22.8 Å². The van der Waals surface area contributed by atoms with Crippen molar-refractivity contribution in [1.29, 1.82) is 0 Å². The third-order valence-electron chi connectivity index (χ3n) is 4.33. The molecule has 7 nitrogen and oxygen atoms in total. The predicted octanol–water partition coefficient (Wildman–Crippen LogP) is 3.10. The third kappa shape index (κ3) is 3.03. The van der Waals surface area contributed by atoms with Crippen LogP contribution in [-0.2, 0) is 11.3 Å². The van der Waals surface area contributed by atoms with Crippen LogP contribution >= 0.6 is 0 Å². The summed E-state index contributed by atoms with van der Waals surface area (Å²) in [5.41, 5.74) is 2.14. The summed E-state index contributed by atoms with van der Waals surface area (Å²) in [5, 5.41) is 8.12. The lowest BCUT2D eigenvalue weighted by Crippen LogP contribution is -2.20. The average molecular weight is 363 g/mol. The number of aryl methyl sites for hydroxylation is 1. The van der Waals surface area contributed by atoms with Crippen molar-refractivity contribution in [3.8, 4) is 5.75 Å². The number of methoxy groups -OCH3 is 1. The minimum atomic E-state index is -0.476. The summed E-state index contributed by atoms with van der Waals surface area (Å²) in [5.74, 6) is 0.298. The number of anilines is 1. The second-order valence-corrected chi connectivity index (χ2v) is 6.20. The van der Waals surface area contributed by atoms with Gasteiger partial charge in [-0.2, -0.15) is 5.10 Å². The van der Waals surface area contributed by atoms with Gasteiger partial charge in [0.1, 0.15) is 23.3 Å². The minimum Gasteiger partial charge on any atom is -0.495 e. The van der Waals surface area contributed by atoms with Gasteiger partial charge >= 0.3 is 5.63 Å². The van der Waals surface area contributed by atoms with Gasteiger partial charge in [0.2, 0.25) is 5.91 Å². The lowest BCUT2D eigenvalue weighted by atomic mass is 10.2. The minimum absolute atomic E-state index is 0.0476. The molecule has 0 radical (unpaired) electrons. The molecule has 1 amide bonds. The molecule has 4 aromatic rings. The Labute approximate surface area is 154 Å². The molecule has 27 heavy (non-hydrogen) atoms. The number of aromatic nitrogens is 2. The fourth-order valence-corrected chi connectivity index (χ4v) is 3.09. The summed E-state index contributed by atoms with van der Waals surface area (Å²) < 4.78 is 12.1. The van der Waals surface area contributed by atoms with E-state index in [2.05, 4.69) is 10.4 Å². The molecule has 0 aliphatic rings. The van der Waals surface area contributed by atoms with Crippen molar-refractivity contribution in [2.24, 2.45) is 0 Å². The number of ether oxygens (including phenoxy) is 1. The summed E-state index contributed by atoms with van der Waals surface area (Å²) in [6, 6.07) is 12.7. The molecule has 0 atom stereocenters. The number of benzene rings is 2. The number of amides is 1. The molecule has 0 bridgehead atoms. The highest BCUT2D eigenvalue weighted by atomic mass is 16.5. The first-order valence-corrected chi connectivity index (χ1v) is 8.38. The number of nitrogens with zero attached hydrogens (tertiary/aromatic N) is 2. The first-order chi connectivity index (χ1) is 13.1. The van der Waals surface area contributed by atoms with Crippen LogP contribution in [0.15, 0.2) is 57.9 Å². The van der Waals surface area contributed by atoms with E-state index in [0.29, 0.717) is 27.9 Å². The van der Waals surface area contributed by atoms with Crippen LogP contribution in [0.2, 0.25) is 0 Å². The van der Waals surface area contributed by atoms with Gasteiger partial charge in [-0.25, -0.2) is 4.79 Å². The maximum absolute atomic E-state index is 12.6. The predicted molar refractivity (Wildman–Crippen MR) is 102 cm³/mol. The topological polar surface area (TPSA) is 86.4 Å². The molecular weight excluding hydrogens is 346 g/mol. The zero-order valence-corrected chi connectivity index (χ0v) is 14.9. The highest BCUT2D eigenvalue weighted by Crippen LogP contribution is 2.26. The summed E-state index contributed by atoms with van der Waals surface area (Å²) in [6.45, 7) is 1.88. The molecule has 0 fully saturated rings. The van der Waals surface area contributed by atoms with Crippen molar-refractivity contribution < 1.29 is 13.9 Å². The van der Waals surface area contributed by atoms with E-state index < -0.39 is 5.63 Å². The highest BCUT2D eigenvalue weighted by molar-refractivity contribution is 6.02. The summed E-state index contributed by atoms with van der Waals surface area (Å²) in [6.07, 6.45) is 1.42. The zero-order chi connectivity index (χ0) is 19.0. The maximum Gasteiger partial charge on any atom is 0.347 e. The van der Waals surface area contributed by atoms with Crippen molar-refractivity contribution in [1.82, 2.24) is 9.78 Å². The average Bonchev–Trinajstić information content (AvgIpc) is 3.06. The van der Waals surface area contributed by atoms with Gasteiger partial charge in [-0.1, -0.05) is 18.2 Å². The monoisotopic (exact) mass is 363 g/mol. The van der Waals surface area contributed by atoms with Crippen molar-refractivity contribution in [2.75, 3.05) is 12.4 Å². The van der Waals surface area contributed by atoms with Crippen LogP contribution in [0, 0.1) is 6.92 Å². The number of nitrogens with one attached hydrogen (secondary N) is 1. The van der Waals surface area contributed by atoms with Gasteiger partial charge < -0.3 is 14.5 Å². The van der Waals surface area contributed by atoms with Gasteiger partial charge in [0.05, 0.1) is 24.5 Å². The van der Waals surface area contributed by atoms with E-state index in [1.54, 1.807) is 25.3 Å². The third-order valence-corrected chi connectivity index (χ3v) is 4.33. The van der Waals surface area contributed by atoms with Crippen LogP contribution in [0.25, 0.3) is 21.9 Å². The standard InChI is InChI=1S/C20H17N3O4/c1-12-7-8-17(26-2)15(9-12)22-18(24)11-23-19-13-5-3-4-6-16(13)27-20(25)14(19)10-21-23/h3-10H,11H2,1-2H3,(H,22,24). The van der Waals surface area contributed by atoms with Gasteiger partial charge in [-0.3, -0.25) is 9.48 Å². The number of carbonyl (C=O) groups excluding carboxylic acids is 1. The molecule has 1 N–H and O–H groups in total. The van der Waals surface area contributed by atoms with Gasteiger partial charge in [-0.15, -0.1) is 0 Å². The summed E-state index contributed by atoms with van der Waals surface area (Å²) >= 11 is 0. The maximum atomic E-state index is 12.6. The van der Waals surface area contributed by atoms with E-state index in [4.69, 9.17) is 9.15 Å². The number of carbonyl (C=O) groups is 1. The Bertz CT molecular complexity index is 1220. The molecule has 0 saturated heterocycles. The smallest absolute Gasteiger partial charge is 0.347 e. The molecule has 7 heteroatoms. The molecule has 136 valence electrons. The normalized spacial score (nSPS) is 11.0. The van der Waals surface area contributed by atoms with E-state index in [9.17, 15) is 9.59 Å². The Hall–Kier alpha value is -3.61. The van der Waals surface area contributed by atoms with E-state index >= 15 is 0 Å². The number of fused-ring (bicyclic) bond motifs is 3. The molecular formula is C20H17N3O4. The van der Waals surface area contributed by atoms with Crippen molar-refractivity contribution >= 4 is 33.5 Å². The van der Waals surface area contributed by atoms with Gasteiger partial charge in [0.15, 0.2) is 0 Å². The molecule has 0 aliphatic heterocycles. The second kappa shape index (κ2) is 6.60. The first kappa shape index (κ1) is 16.8. The van der Waals surface area contributed by atoms with Crippen LogP contribution in [0.5, 0.6) is 5.75 Å². The molecule has 2 heterocycles. The molecule has 4 rings (SSSR count). The Morgan fingerprint density at radius 1 is 1.22 bits per heavy atom. The highest BCUT2D eigenvalue weighted by Gasteiger charge is 2.15. The van der Waals surface area contributed by atoms with Gasteiger partial charge in [0.25, 0.3) is 0 Å². The SMILES string of the molecule is COc1ccc(C)cc1NC(=O)Cn1ncc2c(=O)oc3ccccc3c21. The van der Waals surface area contributed by atoms with Crippen LogP contribution in [0.1, 0.15) is 5.56 Å². The molecule has 0 spiro atoms. The lowest BCUT2D eigenvalue weighted by Gasteiger charge is -2.11. The van der Waals surface area contributed by atoms with Crippen molar-refractivity contribution in [3.05, 3.63) is 64.6 Å². The number of hydrogen-bond acceptors (Lipinski definition) is 5. The number of rotatable bonds is 4. The Morgan fingerprint density at radius 3 is 2.85 bits per heavy atom. The van der Waals surface area contributed by atoms with Crippen LogP contribution in [0.3, 0.4) is 0 Å². The fraction of sp³-hybridized carbons (Fsp3) is 0.150. The number of para-hydroxylation sites is 1. The molecule has 0 unspecified atom stereocenters. The van der Waals surface area contributed by atoms with E-state index in [1.165, 1.54) is 10.9 Å². The number of hydrogen-bond donors (Lipinski definition) is 1. The fourth-order valence-electron chi connectivity index (χ4n) is 3.09. The molecule has 2 aromatic carbocycles. The van der Waals surface area contributed by atoms with Gasteiger partial charge in [-0.05, 0) is 36.8 Å². The van der Waals surface area contributed by atoms with E-state index in [0.717, 1.165) is 10.9 Å². The molecule has 0 aliphatic carbocycles. The largest absolute Gasteiger partial charge is 0.495 e. The quantitative estimate of drug-likeness (QED) is 0.563. The molecule has 2 aromatic heterocycles. The zero-order valence-electron chi connectivity index (χ0n) is 14.9. The van der Waals surface area contributed by atoms with E-state index in [-0.39, 0.29) is 12.5 Å². The lowest BCUT2D eigenvalue weighted by molar-refractivity contribution is -0.116. The first-order valence-electron chi connectivity index (χ1n) is 8.38. The van der Waals surface area contributed by atoms with Gasteiger partial charge in [0, 0.05) is 5.39 Å². The second-order valence-electron chi connectivity index (χ2n) is 6.20.